The summed E-state index contributed by atoms with van der Waals surface area (Å²) < 4.78 is 50.3. The highest BCUT2D eigenvalue weighted by Gasteiger charge is 2.14. The summed E-state index contributed by atoms with van der Waals surface area (Å²) in [5, 5.41) is 7.63. The van der Waals surface area contributed by atoms with E-state index in [1.54, 1.807) is 54.6 Å². The minimum Gasteiger partial charge on any atom is -0.487 e. The van der Waals surface area contributed by atoms with E-state index in [2.05, 4.69) is 20.6 Å². The molecule has 0 bridgehead atoms. The highest BCUT2D eigenvalue weighted by molar-refractivity contribution is 7.91. The zero-order valence-electron chi connectivity index (χ0n) is 24.3. The lowest BCUT2D eigenvalue weighted by Gasteiger charge is -2.12. The fourth-order valence-electron chi connectivity index (χ4n) is 4.72. The Morgan fingerprint density at radius 3 is 2.54 bits per heavy atom. The molecule has 0 radical (unpaired) electrons. The summed E-state index contributed by atoms with van der Waals surface area (Å²) in [6.45, 7) is 0.862. The molecular formula is C34H29Cl2FN4O4S. The van der Waals surface area contributed by atoms with Crippen molar-refractivity contribution < 1.29 is 22.0 Å². The molecule has 0 aliphatic heterocycles. The number of sulfone groups is 1. The van der Waals surface area contributed by atoms with Gasteiger partial charge < -0.3 is 19.8 Å². The van der Waals surface area contributed by atoms with Crippen LogP contribution >= 0.6 is 24.0 Å². The van der Waals surface area contributed by atoms with Crippen LogP contribution in [-0.2, 0) is 23.0 Å². The molecule has 6 rings (SSSR count). The van der Waals surface area contributed by atoms with E-state index in [0.717, 1.165) is 16.5 Å². The molecule has 12 heteroatoms. The van der Waals surface area contributed by atoms with Gasteiger partial charge in [-0.2, -0.15) is 0 Å². The van der Waals surface area contributed by atoms with Crippen molar-refractivity contribution in [2.24, 2.45) is 0 Å². The fraction of sp³-hybridized carbons (Fsp3) is 0.118. The Bertz CT molecular complexity index is 2060. The van der Waals surface area contributed by atoms with Gasteiger partial charge in [-0.1, -0.05) is 41.9 Å². The lowest BCUT2D eigenvalue weighted by atomic mass is 10.1. The number of benzene rings is 4. The van der Waals surface area contributed by atoms with Gasteiger partial charge in [0.1, 0.15) is 41.8 Å². The summed E-state index contributed by atoms with van der Waals surface area (Å²) >= 11 is 6.50. The van der Waals surface area contributed by atoms with E-state index in [1.807, 2.05) is 36.4 Å². The lowest BCUT2D eigenvalue weighted by Crippen LogP contribution is -2.22. The van der Waals surface area contributed by atoms with Gasteiger partial charge in [-0.3, -0.25) is 0 Å². The molecule has 0 spiro atoms. The standard InChI is InChI=1S/C34H28ClFN4O4S.ClH/c35-30-19-26(10-13-33(30)43-21-23-5-4-6-25(36)17-23)40-34-29-18-24(9-12-31(29)38-22-39-34)32-14-11-27(44-32)20-37-15-16-45(41,42)28-7-2-1-3-8-28;/h1-14,17-19,22,37H,15-16,20-21H2,(H,38,39,40);1H. The van der Waals surface area contributed by atoms with Crippen molar-refractivity contribution in [2.45, 2.75) is 18.0 Å². The average molecular weight is 680 g/mol. The number of nitrogens with one attached hydrogen (secondary N) is 2. The second-order valence-electron chi connectivity index (χ2n) is 10.2. The summed E-state index contributed by atoms with van der Waals surface area (Å²) in [7, 11) is -3.36. The number of hydrogen-bond donors (Lipinski definition) is 2. The second kappa shape index (κ2) is 14.7. The molecule has 0 aliphatic rings. The van der Waals surface area contributed by atoms with Crippen LogP contribution in [0.3, 0.4) is 0 Å². The minimum absolute atomic E-state index is 0. The largest absolute Gasteiger partial charge is 0.487 e. The number of furan rings is 1. The van der Waals surface area contributed by atoms with Gasteiger partial charge in [0.05, 0.1) is 27.7 Å². The van der Waals surface area contributed by atoms with E-state index in [-0.39, 0.29) is 30.6 Å². The van der Waals surface area contributed by atoms with Gasteiger partial charge in [0.2, 0.25) is 0 Å². The molecule has 8 nitrogen and oxygen atoms in total. The van der Waals surface area contributed by atoms with Crippen LogP contribution in [0.25, 0.3) is 22.2 Å². The second-order valence-corrected chi connectivity index (χ2v) is 12.7. The third-order valence-corrected chi connectivity index (χ3v) is 9.04. The number of fused-ring (bicyclic) bond motifs is 1. The number of halogens is 3. The molecular weight excluding hydrogens is 650 g/mol. The maximum atomic E-state index is 13.5. The number of ether oxygens (including phenoxy) is 1. The highest BCUT2D eigenvalue weighted by atomic mass is 35.5. The van der Waals surface area contributed by atoms with E-state index in [0.29, 0.717) is 57.3 Å². The number of nitrogens with zero attached hydrogens (tertiary/aromatic N) is 2. The Hall–Kier alpha value is -4.48. The first-order valence-corrected chi connectivity index (χ1v) is 16.1. The van der Waals surface area contributed by atoms with E-state index in [4.69, 9.17) is 20.8 Å². The van der Waals surface area contributed by atoms with Crippen molar-refractivity contribution in [3.05, 3.63) is 132 Å². The monoisotopic (exact) mass is 678 g/mol. The molecule has 2 N–H and O–H groups in total. The maximum absolute atomic E-state index is 13.5. The van der Waals surface area contributed by atoms with Crippen LogP contribution in [0.1, 0.15) is 11.3 Å². The molecule has 0 saturated heterocycles. The molecule has 2 heterocycles. The van der Waals surface area contributed by atoms with Crippen molar-refractivity contribution in [1.82, 2.24) is 15.3 Å². The Kier molecular flexibility index (Phi) is 10.5. The maximum Gasteiger partial charge on any atom is 0.179 e. The molecule has 0 atom stereocenters. The first-order valence-electron chi connectivity index (χ1n) is 14.1. The van der Waals surface area contributed by atoms with Crippen molar-refractivity contribution in [2.75, 3.05) is 17.6 Å². The summed E-state index contributed by atoms with van der Waals surface area (Å²) in [6.07, 6.45) is 1.48. The van der Waals surface area contributed by atoms with Gasteiger partial charge in [-0.05, 0) is 78.4 Å². The predicted molar refractivity (Wildman–Crippen MR) is 180 cm³/mol. The molecule has 0 saturated carbocycles. The summed E-state index contributed by atoms with van der Waals surface area (Å²) in [6, 6.07) is 29.4. The number of aromatic nitrogens is 2. The van der Waals surface area contributed by atoms with Gasteiger partial charge in [0.25, 0.3) is 0 Å². The first-order chi connectivity index (χ1) is 21.8. The average Bonchev–Trinajstić information content (AvgIpc) is 3.52. The van der Waals surface area contributed by atoms with E-state index in [9.17, 15) is 12.8 Å². The van der Waals surface area contributed by atoms with Crippen LogP contribution in [-0.4, -0.2) is 30.7 Å². The number of anilines is 2. The number of hydrogen-bond acceptors (Lipinski definition) is 8. The SMILES string of the molecule is Cl.O=S(=O)(CCNCc1ccc(-c2ccc3ncnc(Nc4ccc(OCc5cccc(F)c5)c(Cl)c4)c3c2)o1)c1ccccc1. The van der Waals surface area contributed by atoms with Gasteiger partial charge in [-0.15, -0.1) is 12.4 Å². The summed E-state index contributed by atoms with van der Waals surface area (Å²) in [5.41, 5.74) is 2.97. The van der Waals surface area contributed by atoms with Gasteiger partial charge >= 0.3 is 0 Å². The molecule has 6 aromatic rings. The molecule has 236 valence electrons. The van der Waals surface area contributed by atoms with E-state index < -0.39 is 9.84 Å². The molecule has 0 fully saturated rings. The molecule has 46 heavy (non-hydrogen) atoms. The minimum atomic E-state index is -3.36. The van der Waals surface area contributed by atoms with Crippen LogP contribution in [0, 0.1) is 5.82 Å². The van der Waals surface area contributed by atoms with Crippen LogP contribution in [0.2, 0.25) is 5.02 Å². The Balaban J connectivity index is 0.00000417. The van der Waals surface area contributed by atoms with Crippen LogP contribution < -0.4 is 15.4 Å². The van der Waals surface area contributed by atoms with Crippen molar-refractivity contribution in [1.29, 1.82) is 0 Å². The van der Waals surface area contributed by atoms with Gasteiger partial charge in [-0.25, -0.2) is 22.8 Å². The predicted octanol–water partition coefficient (Wildman–Crippen LogP) is 7.99. The van der Waals surface area contributed by atoms with Gasteiger partial charge in [0, 0.05) is 23.2 Å². The molecule has 0 unspecified atom stereocenters. The summed E-state index contributed by atoms with van der Waals surface area (Å²) in [5.74, 6) is 2.06. The molecule has 0 aliphatic carbocycles. The highest BCUT2D eigenvalue weighted by Crippen LogP contribution is 2.33. The quantitative estimate of drug-likeness (QED) is 0.126. The van der Waals surface area contributed by atoms with Crippen LogP contribution in [0.4, 0.5) is 15.9 Å². The van der Waals surface area contributed by atoms with Crippen molar-refractivity contribution >= 4 is 56.3 Å². The van der Waals surface area contributed by atoms with Crippen molar-refractivity contribution in [3.63, 3.8) is 0 Å². The Labute approximate surface area is 276 Å². The normalized spacial score (nSPS) is 11.3. The van der Waals surface area contributed by atoms with Crippen molar-refractivity contribution in [3.8, 4) is 17.1 Å². The third-order valence-electron chi connectivity index (χ3n) is 7.01. The molecule has 4 aromatic carbocycles. The topological polar surface area (TPSA) is 106 Å². The molecule has 0 amide bonds. The lowest BCUT2D eigenvalue weighted by molar-refractivity contribution is 0.306. The summed E-state index contributed by atoms with van der Waals surface area (Å²) in [4.78, 5) is 9.15. The Morgan fingerprint density at radius 2 is 1.74 bits per heavy atom. The van der Waals surface area contributed by atoms with E-state index >= 15 is 0 Å². The smallest absolute Gasteiger partial charge is 0.179 e. The Morgan fingerprint density at radius 1 is 0.891 bits per heavy atom. The van der Waals surface area contributed by atoms with Crippen LogP contribution in [0.15, 0.2) is 119 Å². The zero-order chi connectivity index (χ0) is 31.2. The first kappa shape index (κ1) is 32.9. The van der Waals surface area contributed by atoms with Crippen LogP contribution in [0.5, 0.6) is 5.75 Å². The molecule has 2 aromatic heterocycles. The zero-order valence-corrected chi connectivity index (χ0v) is 26.7. The van der Waals surface area contributed by atoms with Gasteiger partial charge in [0.15, 0.2) is 9.84 Å². The number of rotatable bonds is 12. The fourth-order valence-corrected chi connectivity index (χ4v) is 6.18. The third kappa shape index (κ3) is 8.02. The van der Waals surface area contributed by atoms with E-state index in [1.165, 1.54) is 18.5 Å².